The molecule has 8 heteroatoms. The summed E-state index contributed by atoms with van der Waals surface area (Å²) in [6.07, 6.45) is 0.0267. The van der Waals surface area contributed by atoms with Gasteiger partial charge in [-0.05, 0) is 43.2 Å². The summed E-state index contributed by atoms with van der Waals surface area (Å²) < 4.78 is 30.9. The lowest BCUT2D eigenvalue weighted by Gasteiger charge is -2.24. The molecule has 3 heterocycles. The molecule has 1 aliphatic heterocycles. The summed E-state index contributed by atoms with van der Waals surface area (Å²) in [5, 5.41) is 8.03. The van der Waals surface area contributed by atoms with E-state index in [0.29, 0.717) is 22.2 Å². The van der Waals surface area contributed by atoms with Crippen LogP contribution in [0.1, 0.15) is 34.7 Å². The van der Waals surface area contributed by atoms with Crippen LogP contribution in [0.2, 0.25) is 0 Å². The zero-order valence-electron chi connectivity index (χ0n) is 15.7. The van der Waals surface area contributed by atoms with Crippen molar-refractivity contribution < 1.29 is 13.6 Å². The molecule has 1 amide bonds. The number of aryl methyl sites for hydroxylation is 2. The maximum absolute atomic E-state index is 14.5. The predicted molar refractivity (Wildman–Crippen MR) is 108 cm³/mol. The summed E-state index contributed by atoms with van der Waals surface area (Å²) in [6, 6.07) is 10.0. The van der Waals surface area contributed by atoms with E-state index in [2.05, 4.69) is 15.4 Å². The Morgan fingerprint density at radius 1 is 1.21 bits per heavy atom. The quantitative estimate of drug-likeness (QED) is 0.514. The Morgan fingerprint density at radius 3 is 2.86 bits per heavy atom. The smallest absolute Gasteiger partial charge is 0.226 e. The van der Waals surface area contributed by atoms with Gasteiger partial charge in [-0.2, -0.15) is 9.78 Å². The molecular formula is C21H16F2N4OS. The lowest BCUT2D eigenvalue weighted by Crippen LogP contribution is -2.25. The number of carbonyl (C=O) groups excluding carboxylic acids is 1. The van der Waals surface area contributed by atoms with Crippen LogP contribution in [0.5, 0.6) is 0 Å². The van der Waals surface area contributed by atoms with Crippen LogP contribution in [0, 0.1) is 25.5 Å². The van der Waals surface area contributed by atoms with E-state index < -0.39 is 17.6 Å². The number of benzene rings is 2. The highest BCUT2D eigenvalue weighted by Gasteiger charge is 2.35. The fraction of sp³-hybridized carbons (Fsp3) is 0.190. The lowest BCUT2D eigenvalue weighted by molar-refractivity contribution is -0.116. The van der Waals surface area contributed by atoms with Crippen LogP contribution in [0.25, 0.3) is 15.3 Å². The Hall–Kier alpha value is -3.13. The van der Waals surface area contributed by atoms with Crippen molar-refractivity contribution in [1.82, 2.24) is 14.8 Å². The number of thiazole rings is 1. The monoisotopic (exact) mass is 410 g/mol. The molecule has 29 heavy (non-hydrogen) atoms. The fourth-order valence-electron chi connectivity index (χ4n) is 3.85. The predicted octanol–water partition coefficient (Wildman–Crippen LogP) is 4.85. The van der Waals surface area contributed by atoms with Crippen LogP contribution in [0.15, 0.2) is 36.4 Å². The van der Waals surface area contributed by atoms with E-state index in [-0.39, 0.29) is 17.9 Å². The zero-order chi connectivity index (χ0) is 20.3. The topological polar surface area (TPSA) is 59.8 Å². The Kier molecular flexibility index (Phi) is 3.99. The number of hydrogen-bond donors (Lipinski definition) is 1. The highest BCUT2D eigenvalue weighted by atomic mass is 32.1. The van der Waals surface area contributed by atoms with Gasteiger partial charge in [0.05, 0.1) is 15.9 Å². The number of rotatable bonds is 2. The molecule has 0 fully saturated rings. The molecule has 0 saturated carbocycles. The summed E-state index contributed by atoms with van der Waals surface area (Å²) >= 11 is 1.46. The molecule has 4 aromatic rings. The zero-order valence-corrected chi connectivity index (χ0v) is 16.5. The van der Waals surface area contributed by atoms with Gasteiger partial charge in [-0.15, -0.1) is 0 Å². The number of aromatic nitrogens is 3. The molecule has 5 nitrogen and oxygen atoms in total. The van der Waals surface area contributed by atoms with E-state index in [9.17, 15) is 13.6 Å². The van der Waals surface area contributed by atoms with Crippen molar-refractivity contribution in [2.24, 2.45) is 0 Å². The summed E-state index contributed by atoms with van der Waals surface area (Å²) in [5.41, 5.74) is 3.45. The minimum Gasteiger partial charge on any atom is -0.310 e. The molecule has 146 valence electrons. The molecule has 1 atom stereocenters. The SMILES string of the molecule is Cc1ccc2nc(-n3nc(C)c4c3NC(=O)CC4c3cccc(F)c3F)sc2c1. The molecule has 1 aliphatic rings. The van der Waals surface area contributed by atoms with Gasteiger partial charge >= 0.3 is 0 Å². The normalized spacial score (nSPS) is 16.1. The van der Waals surface area contributed by atoms with E-state index in [4.69, 9.17) is 0 Å². The molecule has 1 N–H and O–H groups in total. The van der Waals surface area contributed by atoms with E-state index in [1.807, 2.05) is 25.1 Å². The molecule has 2 aromatic carbocycles. The third-order valence-corrected chi connectivity index (χ3v) is 6.17. The lowest BCUT2D eigenvalue weighted by atomic mass is 9.85. The van der Waals surface area contributed by atoms with E-state index in [1.54, 1.807) is 11.6 Å². The standard InChI is InChI=1S/C21H16F2N4OS/c1-10-6-7-15-16(8-10)29-21(24-15)27-20-18(11(2)26-27)13(9-17(28)25-20)12-4-3-5-14(22)19(12)23/h3-8,13H,9H2,1-2H3,(H,25,28). The van der Waals surface area contributed by atoms with Crippen LogP contribution in [-0.4, -0.2) is 20.7 Å². The van der Waals surface area contributed by atoms with Gasteiger partial charge in [0.1, 0.15) is 5.82 Å². The van der Waals surface area contributed by atoms with Gasteiger partial charge in [-0.1, -0.05) is 29.5 Å². The number of amides is 1. The average Bonchev–Trinajstić information content (AvgIpc) is 3.24. The van der Waals surface area contributed by atoms with Crippen molar-refractivity contribution >= 4 is 33.3 Å². The van der Waals surface area contributed by atoms with E-state index in [1.165, 1.54) is 23.5 Å². The molecular weight excluding hydrogens is 394 g/mol. The minimum absolute atomic E-state index is 0.0267. The second kappa shape index (κ2) is 6.45. The Labute approximate surface area is 169 Å². The molecule has 2 aromatic heterocycles. The molecule has 0 radical (unpaired) electrons. The van der Waals surface area contributed by atoms with Gasteiger partial charge in [0, 0.05) is 17.9 Å². The Bertz CT molecular complexity index is 1290. The number of nitrogens with zero attached hydrogens (tertiary/aromatic N) is 3. The highest BCUT2D eigenvalue weighted by molar-refractivity contribution is 7.20. The number of nitrogens with one attached hydrogen (secondary N) is 1. The first-order chi connectivity index (χ1) is 13.9. The molecule has 0 spiro atoms. The largest absolute Gasteiger partial charge is 0.310 e. The molecule has 0 bridgehead atoms. The molecule has 1 unspecified atom stereocenters. The van der Waals surface area contributed by atoms with Crippen LogP contribution in [-0.2, 0) is 4.79 Å². The third kappa shape index (κ3) is 2.82. The van der Waals surface area contributed by atoms with E-state index >= 15 is 0 Å². The second-order valence-electron chi connectivity index (χ2n) is 7.18. The van der Waals surface area contributed by atoms with Crippen LogP contribution in [0.4, 0.5) is 14.6 Å². The molecule has 0 saturated heterocycles. The number of fused-ring (bicyclic) bond motifs is 2. The van der Waals surface area contributed by atoms with Gasteiger partial charge in [-0.3, -0.25) is 4.79 Å². The minimum atomic E-state index is -0.930. The summed E-state index contributed by atoms with van der Waals surface area (Å²) in [5.74, 6) is -2.28. The number of hydrogen-bond acceptors (Lipinski definition) is 4. The highest BCUT2D eigenvalue weighted by Crippen LogP contribution is 2.42. The molecule has 0 aliphatic carbocycles. The van der Waals surface area contributed by atoms with Gasteiger partial charge in [0.25, 0.3) is 0 Å². The summed E-state index contributed by atoms with van der Waals surface area (Å²) in [6.45, 7) is 3.81. The first-order valence-corrected chi connectivity index (χ1v) is 9.95. The van der Waals surface area contributed by atoms with E-state index in [0.717, 1.165) is 21.8 Å². The van der Waals surface area contributed by atoms with Gasteiger partial charge in [0.15, 0.2) is 11.6 Å². The first kappa shape index (κ1) is 17.9. The van der Waals surface area contributed by atoms with Gasteiger partial charge in [0.2, 0.25) is 11.0 Å². The average molecular weight is 410 g/mol. The van der Waals surface area contributed by atoms with Crippen molar-refractivity contribution in [3.63, 3.8) is 0 Å². The number of carbonyl (C=O) groups is 1. The summed E-state index contributed by atoms with van der Waals surface area (Å²) in [4.78, 5) is 17.1. The van der Waals surface area contributed by atoms with Crippen LogP contribution < -0.4 is 5.32 Å². The molecule has 5 rings (SSSR count). The van der Waals surface area contributed by atoms with Crippen molar-refractivity contribution in [1.29, 1.82) is 0 Å². The third-order valence-electron chi connectivity index (χ3n) is 5.17. The summed E-state index contributed by atoms with van der Waals surface area (Å²) in [7, 11) is 0. The van der Waals surface area contributed by atoms with Crippen molar-refractivity contribution in [2.45, 2.75) is 26.2 Å². The Balaban J connectivity index is 1.69. The second-order valence-corrected chi connectivity index (χ2v) is 8.18. The van der Waals surface area contributed by atoms with Crippen LogP contribution in [0.3, 0.4) is 0 Å². The van der Waals surface area contributed by atoms with Gasteiger partial charge in [-0.25, -0.2) is 13.8 Å². The maximum atomic E-state index is 14.5. The number of anilines is 1. The maximum Gasteiger partial charge on any atom is 0.226 e. The van der Waals surface area contributed by atoms with Crippen molar-refractivity contribution in [3.05, 3.63) is 70.4 Å². The van der Waals surface area contributed by atoms with Crippen LogP contribution >= 0.6 is 11.3 Å². The van der Waals surface area contributed by atoms with Gasteiger partial charge < -0.3 is 5.32 Å². The Morgan fingerprint density at radius 2 is 2.03 bits per heavy atom. The fourth-order valence-corrected chi connectivity index (χ4v) is 4.87. The van der Waals surface area contributed by atoms with Crippen molar-refractivity contribution in [3.8, 4) is 5.13 Å². The van der Waals surface area contributed by atoms with Crippen molar-refractivity contribution in [2.75, 3.05) is 5.32 Å². The number of halogens is 2. The first-order valence-electron chi connectivity index (χ1n) is 9.13.